The lowest BCUT2D eigenvalue weighted by molar-refractivity contribution is -0.392. The van der Waals surface area contributed by atoms with Crippen LogP contribution in [0.1, 0.15) is 24.0 Å². The summed E-state index contributed by atoms with van der Waals surface area (Å²) < 4.78 is 13.0. The number of quaternary nitrogens is 2. The predicted molar refractivity (Wildman–Crippen MR) is 123 cm³/mol. The van der Waals surface area contributed by atoms with Crippen LogP contribution in [0.15, 0.2) is 60.7 Å². The van der Waals surface area contributed by atoms with Gasteiger partial charge in [0.05, 0.1) is 5.92 Å². The average molecular weight is 458 g/mol. The Labute approximate surface area is 189 Å². The highest BCUT2D eigenvalue weighted by Crippen LogP contribution is 2.46. The van der Waals surface area contributed by atoms with E-state index in [4.69, 9.17) is 6.42 Å². The average Bonchev–Trinajstić information content (AvgIpc) is 2.77. The van der Waals surface area contributed by atoms with E-state index in [2.05, 4.69) is 22.7 Å². The summed E-state index contributed by atoms with van der Waals surface area (Å²) >= 11 is 0. The monoisotopic (exact) mass is 457 g/mol. The Bertz CT molecular complexity index is 976. The van der Waals surface area contributed by atoms with Gasteiger partial charge in [0.2, 0.25) is 5.91 Å². The van der Waals surface area contributed by atoms with Crippen LogP contribution in [0.25, 0.3) is 0 Å². The van der Waals surface area contributed by atoms with Gasteiger partial charge in [-0.1, -0.05) is 60.7 Å². The molecule has 32 heavy (non-hydrogen) atoms. The molecule has 0 bridgehead atoms. The molecule has 4 atom stereocenters. The molecule has 2 amide bonds. The molecule has 0 spiro atoms. The Morgan fingerprint density at radius 3 is 2.16 bits per heavy atom. The van der Waals surface area contributed by atoms with Gasteiger partial charge in [-0.25, -0.2) is 4.79 Å². The number of nitrogens with one attached hydrogen (secondary N) is 1. The molecule has 0 radical (unpaired) electrons. The van der Waals surface area contributed by atoms with E-state index in [0.29, 0.717) is 12.8 Å². The second-order valence-electron chi connectivity index (χ2n) is 7.94. The number of aryl methyl sites for hydroxylation is 1. The first-order valence-corrected chi connectivity index (χ1v) is 12.5. The van der Waals surface area contributed by atoms with Gasteiger partial charge in [-0.15, -0.1) is 12.3 Å². The molecule has 7 nitrogen and oxygen atoms in total. The van der Waals surface area contributed by atoms with Gasteiger partial charge in [0, 0.05) is 25.4 Å². The highest BCUT2D eigenvalue weighted by Gasteiger charge is 2.37. The Balaban J connectivity index is 2.03. The van der Waals surface area contributed by atoms with Crippen molar-refractivity contribution in [3.63, 3.8) is 0 Å². The Kier molecular flexibility index (Phi) is 9.83. The maximum Gasteiger partial charge on any atom is 0.331 e. The predicted octanol–water partition coefficient (Wildman–Crippen LogP) is 0.593. The van der Waals surface area contributed by atoms with Crippen LogP contribution in [0.4, 0.5) is 0 Å². The summed E-state index contributed by atoms with van der Waals surface area (Å²) in [5, 5.41) is 2.67. The summed E-state index contributed by atoms with van der Waals surface area (Å²) in [6.45, 7) is 0. The fourth-order valence-electron chi connectivity index (χ4n) is 3.41. The zero-order valence-corrected chi connectivity index (χ0v) is 19.0. The molecule has 8 heteroatoms. The zero-order valence-electron chi connectivity index (χ0n) is 18.2. The van der Waals surface area contributed by atoms with Crippen molar-refractivity contribution >= 4 is 19.2 Å². The van der Waals surface area contributed by atoms with Gasteiger partial charge >= 0.3 is 5.91 Å². The van der Waals surface area contributed by atoms with E-state index in [1.807, 2.05) is 60.7 Å². The van der Waals surface area contributed by atoms with Gasteiger partial charge in [0.1, 0.15) is 6.04 Å². The smallest absolute Gasteiger partial charge is 0.331 e. The molecule has 0 aliphatic rings. The Morgan fingerprint density at radius 1 is 1.06 bits per heavy atom. The first-order valence-electron chi connectivity index (χ1n) is 10.5. The number of hydrogen-bond donors (Lipinski definition) is 4. The molecular weight excluding hydrogens is 425 g/mol. The lowest BCUT2D eigenvalue weighted by Crippen LogP contribution is -2.67. The van der Waals surface area contributed by atoms with E-state index < -0.39 is 36.9 Å². The topological polar surface area (TPSA) is 139 Å². The molecule has 2 aromatic carbocycles. The molecule has 8 N–H and O–H groups in total. The molecule has 2 rings (SSSR count). The van der Waals surface area contributed by atoms with E-state index in [1.54, 1.807) is 0 Å². The standard InChI is InChI=1S/C24H30N3O4P/c1-2-9-20(17-32(30,31)22(25)15-14-18-10-5-3-6-11-18)24(29)27-21(23(26)28)16-19-12-7-4-8-13-19/h1,3-8,10-13,20-22H,9,14-17,25H2,(H2,26,28)(H,27,29)(H,30,31)/p+2/t20-,21+,22-/m1/s1. The fourth-order valence-corrected chi connectivity index (χ4v) is 5.17. The third-order valence-corrected chi connectivity index (χ3v) is 7.75. The van der Waals surface area contributed by atoms with Gasteiger partial charge in [0.25, 0.3) is 7.37 Å². The summed E-state index contributed by atoms with van der Waals surface area (Å²) in [5.74, 6) is -0.180. The van der Waals surface area contributed by atoms with Crippen molar-refractivity contribution in [1.82, 2.24) is 5.32 Å². The van der Waals surface area contributed by atoms with Crippen LogP contribution in [0.3, 0.4) is 0 Å². The third kappa shape index (κ3) is 8.07. The minimum Gasteiger partial charge on any atom is -0.347 e. The van der Waals surface area contributed by atoms with E-state index >= 15 is 0 Å². The van der Waals surface area contributed by atoms with Crippen molar-refractivity contribution in [1.29, 1.82) is 0 Å². The van der Waals surface area contributed by atoms with Gasteiger partial charge < -0.3 is 15.9 Å². The van der Waals surface area contributed by atoms with Crippen molar-refractivity contribution < 1.29 is 30.5 Å². The first-order chi connectivity index (χ1) is 15.2. The minimum atomic E-state index is -3.76. The molecule has 0 saturated carbocycles. The van der Waals surface area contributed by atoms with Crippen LogP contribution in [-0.4, -0.2) is 34.7 Å². The number of carbonyl (C=O) groups excluding carboxylic acids is 2. The van der Waals surface area contributed by atoms with Crippen LogP contribution in [-0.2, 0) is 27.0 Å². The number of terminal acetylenes is 1. The normalized spacial score (nSPS) is 15.6. The SMILES string of the molecule is C#CC[C@H](CP(=O)(O)[C@@H]([NH3+])CCc1ccccc1)C(=O)N[C@@H](Cc1ccccc1)C([NH3+])=O. The van der Waals surface area contributed by atoms with E-state index in [1.165, 1.54) is 0 Å². The first kappa shape index (κ1) is 25.5. The van der Waals surface area contributed by atoms with E-state index in [9.17, 15) is 19.0 Å². The fraction of sp³-hybridized carbons (Fsp3) is 0.333. The Morgan fingerprint density at radius 2 is 1.62 bits per heavy atom. The molecule has 0 heterocycles. The van der Waals surface area contributed by atoms with Gasteiger partial charge in [-0.3, -0.25) is 15.1 Å². The van der Waals surface area contributed by atoms with E-state index in [-0.39, 0.29) is 19.0 Å². The maximum atomic E-state index is 13.0. The summed E-state index contributed by atoms with van der Waals surface area (Å²) in [7, 11) is -3.76. The maximum absolute atomic E-state index is 13.0. The number of benzene rings is 2. The zero-order chi connectivity index (χ0) is 23.6. The highest BCUT2D eigenvalue weighted by atomic mass is 31.2. The molecule has 1 unspecified atom stereocenters. The summed E-state index contributed by atoms with van der Waals surface area (Å²) in [6.07, 6.45) is 6.43. The summed E-state index contributed by atoms with van der Waals surface area (Å²) in [4.78, 5) is 35.5. The van der Waals surface area contributed by atoms with Crippen molar-refractivity contribution in [2.75, 3.05) is 6.16 Å². The second-order valence-corrected chi connectivity index (χ2v) is 10.5. The molecular formula is C24H32N3O4P+2. The van der Waals surface area contributed by atoms with Crippen molar-refractivity contribution in [3.8, 4) is 12.3 Å². The van der Waals surface area contributed by atoms with Gasteiger partial charge in [-0.2, -0.15) is 0 Å². The number of rotatable bonds is 12. The summed E-state index contributed by atoms with van der Waals surface area (Å²) in [5.41, 5.74) is 9.25. The van der Waals surface area contributed by atoms with Crippen LogP contribution in [0.5, 0.6) is 0 Å². The molecule has 0 aromatic heterocycles. The highest BCUT2D eigenvalue weighted by molar-refractivity contribution is 7.58. The number of carbonyl (C=O) groups is 2. The quantitative estimate of drug-likeness (QED) is 0.274. The van der Waals surface area contributed by atoms with E-state index in [0.717, 1.165) is 11.1 Å². The van der Waals surface area contributed by atoms with Gasteiger partial charge in [0.15, 0.2) is 5.78 Å². The third-order valence-electron chi connectivity index (χ3n) is 5.38. The van der Waals surface area contributed by atoms with Crippen molar-refractivity contribution in [3.05, 3.63) is 71.8 Å². The largest absolute Gasteiger partial charge is 0.347 e. The number of amides is 2. The van der Waals surface area contributed by atoms with Crippen molar-refractivity contribution in [2.24, 2.45) is 5.92 Å². The van der Waals surface area contributed by atoms with Crippen LogP contribution < -0.4 is 16.8 Å². The van der Waals surface area contributed by atoms with Crippen LogP contribution in [0.2, 0.25) is 0 Å². The van der Waals surface area contributed by atoms with Gasteiger partial charge in [-0.05, 0) is 17.5 Å². The molecule has 0 saturated heterocycles. The van der Waals surface area contributed by atoms with Crippen LogP contribution in [0, 0.1) is 18.3 Å². The Hall–Kier alpha value is -2.75. The minimum absolute atomic E-state index is 0.00875. The van der Waals surface area contributed by atoms with Crippen molar-refractivity contribution in [2.45, 2.75) is 37.5 Å². The molecule has 2 aromatic rings. The molecule has 0 aliphatic carbocycles. The molecule has 170 valence electrons. The lowest BCUT2D eigenvalue weighted by Gasteiger charge is -2.23. The molecule has 0 aliphatic heterocycles. The number of hydrogen-bond acceptors (Lipinski definition) is 3. The second kappa shape index (κ2) is 12.3. The van der Waals surface area contributed by atoms with Crippen LogP contribution >= 0.6 is 7.37 Å². The lowest BCUT2D eigenvalue weighted by atomic mass is 10.0. The summed E-state index contributed by atoms with van der Waals surface area (Å²) in [6, 6.07) is 18.0. The molecule has 0 fully saturated rings.